The first-order valence-corrected chi connectivity index (χ1v) is 4.60. The maximum Gasteiger partial charge on any atom is 0.573 e. The second-order valence-electron chi connectivity index (χ2n) is 3.23. The maximum atomic E-state index is 12.5. The van der Waals surface area contributed by atoms with Crippen LogP contribution >= 0.6 is 0 Å². The predicted octanol–water partition coefficient (Wildman–Crippen LogP) is 2.27. The Hall–Kier alpha value is -1.84. The van der Waals surface area contributed by atoms with Crippen molar-refractivity contribution in [2.24, 2.45) is 5.73 Å². The number of rotatable bonds is 3. The van der Waals surface area contributed by atoms with Crippen LogP contribution in [-0.2, 0) is 12.7 Å². The van der Waals surface area contributed by atoms with Crippen LogP contribution < -0.4 is 10.5 Å². The Bertz CT molecular complexity index is 483. The minimum Gasteiger partial charge on any atom is -0.403 e. The molecule has 1 aromatic heterocycles. The second kappa shape index (κ2) is 5.03. The molecule has 19 heavy (non-hydrogen) atoms. The molecule has 4 nitrogen and oxygen atoms in total. The first-order chi connectivity index (χ1) is 8.60. The molecule has 0 fully saturated rings. The predicted molar refractivity (Wildman–Crippen MR) is 49.2 cm³/mol. The molecule has 1 aromatic rings. The summed E-state index contributed by atoms with van der Waals surface area (Å²) in [7, 11) is 0. The van der Waals surface area contributed by atoms with Gasteiger partial charge < -0.3 is 10.5 Å². The summed E-state index contributed by atoms with van der Waals surface area (Å²) in [5.41, 5.74) is 1.52. The van der Waals surface area contributed by atoms with Crippen molar-refractivity contribution in [3.8, 4) is 5.75 Å². The molecule has 0 amide bonds. The largest absolute Gasteiger partial charge is 0.573 e. The quantitative estimate of drug-likeness (QED) is 0.684. The summed E-state index contributed by atoms with van der Waals surface area (Å²) >= 11 is 0. The number of ether oxygens (including phenoxy) is 1. The van der Waals surface area contributed by atoms with Crippen LogP contribution in [0.2, 0.25) is 0 Å². The van der Waals surface area contributed by atoms with Crippen LogP contribution in [0.1, 0.15) is 21.6 Å². The van der Waals surface area contributed by atoms with Gasteiger partial charge in [0.1, 0.15) is 0 Å². The normalized spacial score (nSPS) is 12.4. The summed E-state index contributed by atoms with van der Waals surface area (Å²) in [4.78, 5) is 13.8. The number of aromatic nitrogens is 1. The maximum absolute atomic E-state index is 12.5. The highest BCUT2D eigenvalue weighted by Gasteiger charge is 2.39. The molecule has 0 aliphatic carbocycles. The zero-order valence-electron chi connectivity index (χ0n) is 8.97. The van der Waals surface area contributed by atoms with E-state index in [9.17, 15) is 31.1 Å². The molecule has 1 heterocycles. The van der Waals surface area contributed by atoms with Crippen LogP contribution in [0.15, 0.2) is 6.20 Å². The van der Waals surface area contributed by atoms with Crippen molar-refractivity contribution in [3.05, 3.63) is 23.0 Å². The van der Waals surface area contributed by atoms with Gasteiger partial charge in [-0.15, -0.1) is 13.2 Å². The zero-order chi connectivity index (χ0) is 14.8. The molecule has 0 bridgehead atoms. The zero-order valence-corrected chi connectivity index (χ0v) is 8.97. The van der Waals surface area contributed by atoms with Crippen LogP contribution in [0.25, 0.3) is 0 Å². The minimum absolute atomic E-state index is 0.231. The number of halogens is 6. The first kappa shape index (κ1) is 15.2. The fraction of sp³-hybridized carbons (Fsp3) is 0.333. The van der Waals surface area contributed by atoms with Crippen molar-refractivity contribution in [1.82, 2.24) is 4.98 Å². The number of pyridine rings is 1. The van der Waals surface area contributed by atoms with E-state index in [1.807, 2.05) is 0 Å². The first-order valence-electron chi connectivity index (χ1n) is 4.60. The lowest BCUT2D eigenvalue weighted by Crippen LogP contribution is -2.22. The summed E-state index contributed by atoms with van der Waals surface area (Å²) < 4.78 is 77.3. The van der Waals surface area contributed by atoms with Gasteiger partial charge in [-0.05, 0) is 0 Å². The third-order valence-electron chi connectivity index (χ3n) is 1.98. The van der Waals surface area contributed by atoms with Gasteiger partial charge in [0.25, 0.3) is 0 Å². The Balaban J connectivity index is 3.51. The van der Waals surface area contributed by atoms with Gasteiger partial charge in [-0.1, -0.05) is 0 Å². The lowest BCUT2D eigenvalue weighted by molar-refractivity contribution is -0.275. The molecule has 0 aromatic carbocycles. The average molecular weight is 288 g/mol. The molecule has 0 aliphatic heterocycles. The monoisotopic (exact) mass is 288 g/mol. The van der Waals surface area contributed by atoms with Gasteiger partial charge in [0, 0.05) is 12.7 Å². The van der Waals surface area contributed by atoms with Gasteiger partial charge in [0.15, 0.2) is 12.0 Å². The molecular weight excluding hydrogens is 282 g/mol. The molecule has 10 heteroatoms. The molecule has 0 spiro atoms. The summed E-state index contributed by atoms with van der Waals surface area (Å²) in [6.45, 7) is -0.621. The Labute approximate surface area is 102 Å². The van der Waals surface area contributed by atoms with Crippen molar-refractivity contribution >= 4 is 6.29 Å². The summed E-state index contributed by atoms with van der Waals surface area (Å²) in [6, 6.07) is 0. The molecule has 1 rings (SSSR count). The van der Waals surface area contributed by atoms with E-state index in [1.165, 1.54) is 0 Å². The second-order valence-corrected chi connectivity index (χ2v) is 3.23. The number of alkyl halides is 6. The third kappa shape index (κ3) is 3.56. The lowest BCUT2D eigenvalue weighted by atomic mass is 10.1. The Morgan fingerprint density at radius 1 is 1.26 bits per heavy atom. The van der Waals surface area contributed by atoms with Crippen LogP contribution in [0.5, 0.6) is 5.75 Å². The fourth-order valence-electron chi connectivity index (χ4n) is 1.27. The van der Waals surface area contributed by atoms with Crippen molar-refractivity contribution < 1.29 is 35.9 Å². The molecule has 0 saturated carbocycles. The Kier molecular flexibility index (Phi) is 4.03. The number of hydrogen-bond acceptors (Lipinski definition) is 4. The van der Waals surface area contributed by atoms with Crippen LogP contribution in [0.3, 0.4) is 0 Å². The van der Waals surface area contributed by atoms with Gasteiger partial charge in [0.05, 0.1) is 16.8 Å². The van der Waals surface area contributed by atoms with E-state index >= 15 is 0 Å². The van der Waals surface area contributed by atoms with Crippen molar-refractivity contribution in [3.63, 3.8) is 0 Å². The van der Waals surface area contributed by atoms with E-state index in [0.29, 0.717) is 0 Å². The van der Waals surface area contributed by atoms with Gasteiger partial charge in [-0.25, -0.2) is 0 Å². The molecule has 0 saturated heterocycles. The molecule has 0 aliphatic rings. The van der Waals surface area contributed by atoms with E-state index < -0.39 is 41.7 Å². The van der Waals surface area contributed by atoms with Crippen molar-refractivity contribution in [1.29, 1.82) is 0 Å². The summed E-state index contributed by atoms with van der Waals surface area (Å²) in [6.07, 6.45) is -10.5. The number of nitrogens with zero attached hydrogens (tertiary/aromatic N) is 1. The highest BCUT2D eigenvalue weighted by molar-refractivity contribution is 5.82. The average Bonchev–Trinajstić information content (AvgIpc) is 2.25. The number of aldehydes is 1. The SMILES string of the molecule is NCc1ncc(C(F)(F)F)c(C=O)c1OC(F)(F)F. The van der Waals surface area contributed by atoms with E-state index in [2.05, 4.69) is 9.72 Å². The molecule has 0 unspecified atom stereocenters. The van der Waals surface area contributed by atoms with Crippen molar-refractivity contribution in [2.45, 2.75) is 19.1 Å². The van der Waals surface area contributed by atoms with Gasteiger partial charge in [-0.2, -0.15) is 13.2 Å². The number of nitrogens with two attached hydrogens (primary N) is 1. The van der Waals surface area contributed by atoms with Crippen LogP contribution in [-0.4, -0.2) is 17.6 Å². The standard InChI is InChI=1S/C9H6F6N2O2/c10-8(11,12)5-2-17-6(1-16)7(4(5)3-18)19-9(13,14)15/h2-3H,1,16H2. The lowest BCUT2D eigenvalue weighted by Gasteiger charge is -2.17. The smallest absolute Gasteiger partial charge is 0.403 e. The summed E-state index contributed by atoms with van der Waals surface area (Å²) in [5.74, 6) is -1.33. The van der Waals surface area contributed by atoms with Gasteiger partial charge >= 0.3 is 12.5 Å². The topological polar surface area (TPSA) is 65.2 Å². The van der Waals surface area contributed by atoms with Crippen LogP contribution in [0.4, 0.5) is 26.3 Å². The van der Waals surface area contributed by atoms with Gasteiger partial charge in [0.2, 0.25) is 0 Å². The van der Waals surface area contributed by atoms with Gasteiger partial charge in [-0.3, -0.25) is 9.78 Å². The third-order valence-corrected chi connectivity index (χ3v) is 1.98. The van der Waals surface area contributed by atoms with Crippen LogP contribution in [0, 0.1) is 0 Å². The molecule has 0 atom stereocenters. The Morgan fingerprint density at radius 3 is 2.21 bits per heavy atom. The van der Waals surface area contributed by atoms with Crippen molar-refractivity contribution in [2.75, 3.05) is 0 Å². The number of carbonyl (C=O) groups excluding carboxylic acids is 1. The minimum atomic E-state index is -5.27. The number of hydrogen-bond donors (Lipinski definition) is 1. The van der Waals surface area contributed by atoms with E-state index in [-0.39, 0.29) is 12.5 Å². The summed E-state index contributed by atoms with van der Waals surface area (Å²) in [5, 5.41) is 0. The fourth-order valence-corrected chi connectivity index (χ4v) is 1.27. The molecule has 2 N–H and O–H groups in total. The van der Waals surface area contributed by atoms with E-state index in [1.54, 1.807) is 0 Å². The molecular formula is C9H6F6N2O2. The highest BCUT2D eigenvalue weighted by atomic mass is 19.4. The van der Waals surface area contributed by atoms with E-state index in [0.717, 1.165) is 0 Å². The Morgan fingerprint density at radius 2 is 1.84 bits per heavy atom. The molecule has 106 valence electrons. The number of carbonyl (C=O) groups is 1. The highest BCUT2D eigenvalue weighted by Crippen LogP contribution is 2.37. The molecule has 0 radical (unpaired) electrons. The van der Waals surface area contributed by atoms with E-state index in [4.69, 9.17) is 5.73 Å².